The summed E-state index contributed by atoms with van der Waals surface area (Å²) in [7, 11) is 1.34. The minimum absolute atomic E-state index is 0.0496. The zero-order valence-electron chi connectivity index (χ0n) is 13.1. The number of likely N-dealkylation sites (tertiary alicyclic amines) is 1. The van der Waals surface area contributed by atoms with Crippen LogP contribution >= 0.6 is 0 Å². The van der Waals surface area contributed by atoms with Crippen molar-refractivity contribution in [1.82, 2.24) is 4.90 Å². The number of rotatable bonds is 3. The van der Waals surface area contributed by atoms with Gasteiger partial charge in [0.1, 0.15) is 11.6 Å². The predicted molar refractivity (Wildman–Crippen MR) is 76.3 cm³/mol. The van der Waals surface area contributed by atoms with E-state index in [1.807, 2.05) is 27.7 Å². The maximum atomic E-state index is 12.3. The summed E-state index contributed by atoms with van der Waals surface area (Å²) in [4.78, 5) is 25.7. The van der Waals surface area contributed by atoms with Gasteiger partial charge in [0.15, 0.2) is 0 Å². The van der Waals surface area contributed by atoms with Crippen LogP contribution in [0.25, 0.3) is 0 Å². The summed E-state index contributed by atoms with van der Waals surface area (Å²) >= 11 is 0. The first-order chi connectivity index (χ1) is 9.15. The van der Waals surface area contributed by atoms with Crippen molar-refractivity contribution < 1.29 is 19.1 Å². The van der Waals surface area contributed by atoms with Crippen LogP contribution in [-0.2, 0) is 14.3 Å². The molecule has 1 fully saturated rings. The highest BCUT2D eigenvalue weighted by Crippen LogP contribution is 2.30. The highest BCUT2D eigenvalue weighted by atomic mass is 16.6. The molecule has 0 N–H and O–H groups in total. The van der Waals surface area contributed by atoms with E-state index in [-0.39, 0.29) is 12.0 Å². The molecule has 0 aliphatic carbocycles. The molecule has 0 aromatic carbocycles. The van der Waals surface area contributed by atoms with Crippen LogP contribution in [0.4, 0.5) is 4.79 Å². The van der Waals surface area contributed by atoms with Crippen molar-refractivity contribution in [1.29, 1.82) is 0 Å². The van der Waals surface area contributed by atoms with Crippen LogP contribution in [-0.4, -0.2) is 41.8 Å². The van der Waals surface area contributed by atoms with Gasteiger partial charge in [0.2, 0.25) is 0 Å². The van der Waals surface area contributed by atoms with E-state index in [0.717, 1.165) is 12.0 Å². The number of hydrogen-bond acceptors (Lipinski definition) is 4. The molecule has 20 heavy (non-hydrogen) atoms. The Morgan fingerprint density at radius 2 is 1.90 bits per heavy atom. The molecule has 0 spiro atoms. The molecule has 2 unspecified atom stereocenters. The second-order valence-corrected chi connectivity index (χ2v) is 6.32. The second-order valence-electron chi connectivity index (χ2n) is 6.32. The lowest BCUT2D eigenvalue weighted by Gasteiger charge is -2.31. The van der Waals surface area contributed by atoms with E-state index in [9.17, 15) is 9.59 Å². The summed E-state index contributed by atoms with van der Waals surface area (Å²) in [6.45, 7) is 11.2. The van der Waals surface area contributed by atoms with Gasteiger partial charge in [-0.25, -0.2) is 9.59 Å². The molecule has 1 amide bonds. The van der Waals surface area contributed by atoms with Crippen molar-refractivity contribution >= 4 is 12.1 Å². The van der Waals surface area contributed by atoms with Gasteiger partial charge >= 0.3 is 12.1 Å². The first-order valence-corrected chi connectivity index (χ1v) is 6.89. The molecule has 0 saturated carbocycles. The monoisotopic (exact) mass is 283 g/mol. The highest BCUT2D eigenvalue weighted by molar-refractivity contribution is 5.82. The van der Waals surface area contributed by atoms with Crippen LogP contribution in [0.1, 0.15) is 47.0 Å². The number of nitrogens with zero attached hydrogens (tertiary/aromatic N) is 1. The standard InChI is InChI=1S/C15H25NO4/c1-10(2)9-11-7-8-12(13(17)19-6)16(11)14(18)20-15(3,4)5/h11-12H,1,7-9H2,2-6H3. The quantitative estimate of drug-likeness (QED) is 0.590. The van der Waals surface area contributed by atoms with E-state index >= 15 is 0 Å². The van der Waals surface area contributed by atoms with E-state index in [1.54, 1.807) is 0 Å². The zero-order valence-corrected chi connectivity index (χ0v) is 13.1. The van der Waals surface area contributed by atoms with Crippen LogP contribution in [0.15, 0.2) is 12.2 Å². The van der Waals surface area contributed by atoms with Crippen molar-refractivity contribution in [2.75, 3.05) is 7.11 Å². The van der Waals surface area contributed by atoms with Gasteiger partial charge < -0.3 is 9.47 Å². The number of ether oxygens (including phenoxy) is 2. The van der Waals surface area contributed by atoms with Gasteiger partial charge in [-0.15, -0.1) is 6.58 Å². The molecule has 114 valence electrons. The molecule has 1 aliphatic heterocycles. The molecule has 0 aromatic rings. The van der Waals surface area contributed by atoms with E-state index in [0.29, 0.717) is 12.8 Å². The van der Waals surface area contributed by atoms with Crippen LogP contribution in [0.5, 0.6) is 0 Å². The first kappa shape index (κ1) is 16.5. The van der Waals surface area contributed by atoms with Gasteiger partial charge in [-0.2, -0.15) is 0 Å². The topological polar surface area (TPSA) is 55.8 Å². The molecule has 1 aliphatic rings. The Labute approximate surface area is 120 Å². The Bertz CT molecular complexity index is 397. The average molecular weight is 283 g/mol. The van der Waals surface area contributed by atoms with Gasteiger partial charge in [-0.1, -0.05) is 5.57 Å². The summed E-state index contributed by atoms with van der Waals surface area (Å²) in [6.07, 6.45) is 1.57. The summed E-state index contributed by atoms with van der Waals surface area (Å²) in [5.74, 6) is -0.389. The minimum Gasteiger partial charge on any atom is -0.467 e. The van der Waals surface area contributed by atoms with Crippen molar-refractivity contribution in [3.8, 4) is 0 Å². The molecule has 0 aromatic heterocycles. The Morgan fingerprint density at radius 1 is 1.30 bits per heavy atom. The number of esters is 1. The summed E-state index contributed by atoms with van der Waals surface area (Å²) in [5, 5.41) is 0. The van der Waals surface area contributed by atoms with Crippen molar-refractivity contribution in [2.24, 2.45) is 0 Å². The second kappa shape index (κ2) is 6.29. The third kappa shape index (κ3) is 4.25. The Kier molecular flexibility index (Phi) is 5.20. The maximum Gasteiger partial charge on any atom is 0.411 e. The predicted octanol–water partition coefficient (Wildman–Crippen LogP) is 2.89. The lowest BCUT2D eigenvalue weighted by atomic mass is 10.1. The lowest BCUT2D eigenvalue weighted by Crippen LogP contribution is -2.47. The molecule has 1 rings (SSSR count). The molecule has 0 radical (unpaired) electrons. The van der Waals surface area contributed by atoms with Gasteiger partial charge in [-0.05, 0) is 47.0 Å². The van der Waals surface area contributed by atoms with Gasteiger partial charge in [0.05, 0.1) is 7.11 Å². The molecule has 0 bridgehead atoms. The van der Waals surface area contributed by atoms with Crippen molar-refractivity contribution in [3.05, 3.63) is 12.2 Å². The fourth-order valence-corrected chi connectivity index (χ4v) is 2.44. The van der Waals surface area contributed by atoms with Gasteiger partial charge in [-0.3, -0.25) is 4.90 Å². The zero-order chi connectivity index (χ0) is 15.5. The largest absolute Gasteiger partial charge is 0.467 e. The fraction of sp³-hybridized carbons (Fsp3) is 0.733. The smallest absolute Gasteiger partial charge is 0.411 e. The molecular weight excluding hydrogens is 258 g/mol. The van der Waals surface area contributed by atoms with E-state index < -0.39 is 17.7 Å². The fourth-order valence-electron chi connectivity index (χ4n) is 2.44. The molecule has 5 heteroatoms. The number of hydrogen-bond donors (Lipinski definition) is 0. The third-order valence-corrected chi connectivity index (χ3v) is 3.16. The first-order valence-electron chi connectivity index (χ1n) is 6.89. The van der Waals surface area contributed by atoms with Crippen molar-refractivity contribution in [2.45, 2.75) is 64.6 Å². The highest BCUT2D eigenvalue weighted by Gasteiger charge is 2.43. The van der Waals surface area contributed by atoms with Crippen LogP contribution in [0.3, 0.4) is 0 Å². The van der Waals surface area contributed by atoms with Crippen LogP contribution in [0, 0.1) is 0 Å². The molecule has 2 atom stereocenters. The Morgan fingerprint density at radius 3 is 2.35 bits per heavy atom. The summed E-state index contributed by atoms with van der Waals surface area (Å²) < 4.78 is 10.2. The third-order valence-electron chi connectivity index (χ3n) is 3.16. The molecule has 1 heterocycles. The average Bonchev–Trinajstić information content (AvgIpc) is 2.68. The molecule has 5 nitrogen and oxygen atoms in total. The van der Waals surface area contributed by atoms with E-state index in [4.69, 9.17) is 9.47 Å². The molecule has 1 saturated heterocycles. The maximum absolute atomic E-state index is 12.3. The summed E-state index contributed by atoms with van der Waals surface area (Å²) in [5.41, 5.74) is 0.391. The summed E-state index contributed by atoms with van der Waals surface area (Å²) in [6, 6.07) is -0.606. The SMILES string of the molecule is C=C(C)CC1CCC(C(=O)OC)N1C(=O)OC(C)(C)C. The number of carbonyl (C=O) groups is 2. The minimum atomic E-state index is -0.589. The van der Waals surface area contributed by atoms with Gasteiger partial charge in [0.25, 0.3) is 0 Å². The lowest BCUT2D eigenvalue weighted by molar-refractivity contribution is -0.146. The number of amides is 1. The van der Waals surface area contributed by atoms with Crippen LogP contribution in [0.2, 0.25) is 0 Å². The van der Waals surface area contributed by atoms with E-state index in [2.05, 4.69) is 6.58 Å². The normalized spacial score (nSPS) is 22.6. The Hall–Kier alpha value is -1.52. The molecular formula is C15H25NO4. The van der Waals surface area contributed by atoms with Crippen molar-refractivity contribution in [3.63, 3.8) is 0 Å². The van der Waals surface area contributed by atoms with Crippen LogP contribution < -0.4 is 0 Å². The number of carbonyl (C=O) groups excluding carboxylic acids is 2. The number of methoxy groups -OCH3 is 1. The van der Waals surface area contributed by atoms with Gasteiger partial charge in [0, 0.05) is 6.04 Å². The Balaban J connectivity index is 2.92. The van der Waals surface area contributed by atoms with E-state index in [1.165, 1.54) is 12.0 Å².